The lowest BCUT2D eigenvalue weighted by molar-refractivity contribution is 0.431. The van der Waals surface area contributed by atoms with Crippen LogP contribution in [0, 0.1) is 3.70 Å². The van der Waals surface area contributed by atoms with Crippen molar-refractivity contribution in [2.45, 2.75) is 0 Å². The highest BCUT2D eigenvalue weighted by Crippen LogP contribution is 2.24. The summed E-state index contributed by atoms with van der Waals surface area (Å²) in [6.45, 7) is 0. The van der Waals surface area contributed by atoms with Gasteiger partial charge in [0.05, 0.1) is 18.0 Å². The van der Waals surface area contributed by atoms with Crippen LogP contribution < -0.4 is 0 Å². The summed E-state index contributed by atoms with van der Waals surface area (Å²) in [7, 11) is 0. The van der Waals surface area contributed by atoms with E-state index in [0.717, 1.165) is 14.9 Å². The van der Waals surface area contributed by atoms with Crippen LogP contribution in [-0.4, -0.2) is 29.5 Å². The topological polar surface area (TPSA) is 82.0 Å². The molecule has 4 aromatic heterocycles. The number of aromatic nitrogens is 6. The highest BCUT2D eigenvalue weighted by atomic mass is 127. The van der Waals surface area contributed by atoms with Crippen molar-refractivity contribution in [3.63, 3.8) is 0 Å². The molecule has 7 nitrogen and oxygen atoms in total. The second-order valence-electron chi connectivity index (χ2n) is 4.21. The molecule has 0 N–H and O–H groups in total. The van der Waals surface area contributed by atoms with E-state index in [9.17, 15) is 0 Å². The predicted octanol–water partition coefficient (Wildman–Crippen LogP) is 2.45. The maximum absolute atomic E-state index is 5.26. The first kappa shape index (κ1) is 12.4. The lowest BCUT2D eigenvalue weighted by atomic mass is 10.2. The van der Waals surface area contributed by atoms with E-state index in [1.807, 2.05) is 22.7 Å². The smallest absolute Gasteiger partial charge is 0.278 e. The Balaban J connectivity index is 1.85. The van der Waals surface area contributed by atoms with Gasteiger partial charge in [-0.3, -0.25) is 9.38 Å². The van der Waals surface area contributed by atoms with Crippen LogP contribution in [0.15, 0.2) is 47.6 Å². The Hall–Kier alpha value is -2.36. The zero-order chi connectivity index (χ0) is 14.2. The molecule has 0 spiro atoms. The minimum absolute atomic E-state index is 0.335. The molecule has 0 bridgehead atoms. The summed E-state index contributed by atoms with van der Waals surface area (Å²) in [5.41, 5.74) is 2.13. The summed E-state index contributed by atoms with van der Waals surface area (Å²) in [4.78, 5) is 16.9. The Kier molecular flexibility index (Phi) is 2.88. The molecule has 0 aliphatic heterocycles. The van der Waals surface area contributed by atoms with Crippen molar-refractivity contribution in [3.05, 3.63) is 46.8 Å². The Morgan fingerprint density at radius 3 is 2.95 bits per heavy atom. The van der Waals surface area contributed by atoms with Crippen molar-refractivity contribution in [2.75, 3.05) is 0 Å². The number of pyridine rings is 1. The number of hydrogen-bond acceptors (Lipinski definition) is 6. The maximum atomic E-state index is 5.26. The summed E-state index contributed by atoms with van der Waals surface area (Å²) >= 11 is 2.22. The van der Waals surface area contributed by atoms with Crippen LogP contribution in [0.2, 0.25) is 0 Å². The number of halogens is 1. The number of nitrogens with zero attached hydrogens (tertiary/aromatic N) is 6. The molecular formula is C13H7IN6O. The first-order valence-electron chi connectivity index (χ1n) is 6.05. The van der Waals surface area contributed by atoms with Crippen LogP contribution in [0.25, 0.3) is 28.6 Å². The summed E-state index contributed by atoms with van der Waals surface area (Å²) in [5.74, 6) is 0.810. The fourth-order valence-corrected chi connectivity index (χ4v) is 2.53. The van der Waals surface area contributed by atoms with E-state index in [1.54, 1.807) is 24.8 Å². The average molecular weight is 390 g/mol. The lowest BCUT2D eigenvalue weighted by Gasteiger charge is -1.98. The molecule has 0 amide bonds. The van der Waals surface area contributed by atoms with Gasteiger partial charge in [0.15, 0.2) is 0 Å². The van der Waals surface area contributed by atoms with Crippen molar-refractivity contribution >= 4 is 28.2 Å². The third kappa shape index (κ3) is 2.07. The van der Waals surface area contributed by atoms with Crippen LogP contribution in [-0.2, 0) is 0 Å². The Bertz CT molecular complexity index is 917. The van der Waals surface area contributed by atoms with E-state index in [0.29, 0.717) is 17.4 Å². The molecule has 0 atom stereocenters. The molecule has 8 heteroatoms. The zero-order valence-corrected chi connectivity index (χ0v) is 12.7. The molecule has 0 aliphatic rings. The molecule has 21 heavy (non-hydrogen) atoms. The van der Waals surface area contributed by atoms with E-state index in [4.69, 9.17) is 4.52 Å². The predicted molar refractivity (Wildman–Crippen MR) is 82.2 cm³/mol. The van der Waals surface area contributed by atoms with Gasteiger partial charge in [0.25, 0.3) is 5.89 Å². The highest BCUT2D eigenvalue weighted by molar-refractivity contribution is 14.1. The van der Waals surface area contributed by atoms with Crippen LogP contribution in [0.3, 0.4) is 0 Å². The molecule has 0 saturated heterocycles. The summed E-state index contributed by atoms with van der Waals surface area (Å²) in [5, 5.41) is 4.01. The average Bonchev–Trinajstić information content (AvgIpc) is 3.16. The minimum atomic E-state index is 0.335. The fourth-order valence-electron chi connectivity index (χ4n) is 2.00. The quantitative estimate of drug-likeness (QED) is 0.489. The van der Waals surface area contributed by atoms with Crippen molar-refractivity contribution < 1.29 is 4.52 Å². The van der Waals surface area contributed by atoms with Crippen LogP contribution in [0.1, 0.15) is 0 Å². The van der Waals surface area contributed by atoms with Crippen LogP contribution in [0.4, 0.5) is 0 Å². The summed E-state index contributed by atoms with van der Waals surface area (Å²) in [6.07, 6.45) is 8.49. The molecule has 4 rings (SSSR count). The van der Waals surface area contributed by atoms with Gasteiger partial charge in [-0.05, 0) is 34.7 Å². The largest absolute Gasteiger partial charge is 0.332 e. The monoisotopic (exact) mass is 390 g/mol. The van der Waals surface area contributed by atoms with Crippen molar-refractivity contribution in [1.82, 2.24) is 29.5 Å². The molecule has 0 aromatic carbocycles. The Morgan fingerprint density at radius 1 is 1.14 bits per heavy atom. The summed E-state index contributed by atoms with van der Waals surface area (Å²) in [6, 6.07) is 3.83. The molecule has 102 valence electrons. The highest BCUT2D eigenvalue weighted by Gasteiger charge is 2.15. The Labute approximate surface area is 132 Å². The van der Waals surface area contributed by atoms with Crippen LogP contribution >= 0.6 is 22.6 Å². The lowest BCUT2D eigenvalue weighted by Crippen LogP contribution is -1.91. The molecule has 0 radical (unpaired) electrons. The van der Waals surface area contributed by atoms with Crippen molar-refractivity contribution in [3.8, 4) is 23.0 Å². The van der Waals surface area contributed by atoms with Gasteiger partial charge in [-0.15, -0.1) is 0 Å². The summed E-state index contributed by atoms with van der Waals surface area (Å²) < 4.78 is 8.24. The van der Waals surface area contributed by atoms with E-state index >= 15 is 0 Å². The second kappa shape index (κ2) is 4.88. The van der Waals surface area contributed by atoms with Gasteiger partial charge in [0, 0.05) is 18.6 Å². The molecule has 4 heterocycles. The fraction of sp³-hybridized carbons (Fsp3) is 0. The normalized spacial score (nSPS) is 11.1. The first-order valence-corrected chi connectivity index (χ1v) is 7.13. The SMILES string of the molecule is Ic1cnc2c(-c3noc(-c4cnccn4)n3)cccn12. The van der Waals surface area contributed by atoms with E-state index in [-0.39, 0.29) is 0 Å². The zero-order valence-electron chi connectivity index (χ0n) is 10.5. The second-order valence-corrected chi connectivity index (χ2v) is 5.32. The molecule has 0 aliphatic carbocycles. The van der Waals surface area contributed by atoms with Crippen LogP contribution in [0.5, 0.6) is 0 Å². The third-order valence-electron chi connectivity index (χ3n) is 2.94. The molecule has 0 fully saturated rings. The molecule has 4 aromatic rings. The van der Waals surface area contributed by atoms with E-state index in [2.05, 4.69) is 47.7 Å². The number of imidazole rings is 1. The van der Waals surface area contributed by atoms with Crippen molar-refractivity contribution in [1.29, 1.82) is 0 Å². The maximum Gasteiger partial charge on any atom is 0.278 e. The van der Waals surface area contributed by atoms with E-state index in [1.165, 1.54) is 0 Å². The number of fused-ring (bicyclic) bond motifs is 1. The molecule has 0 saturated carbocycles. The number of rotatable bonds is 2. The van der Waals surface area contributed by atoms with Gasteiger partial charge in [0.1, 0.15) is 15.0 Å². The van der Waals surface area contributed by atoms with E-state index < -0.39 is 0 Å². The van der Waals surface area contributed by atoms with Gasteiger partial charge in [-0.1, -0.05) is 5.16 Å². The molecule has 0 unspecified atom stereocenters. The standard InChI is InChI=1S/C13H7IN6O/c14-10-7-17-12-8(2-1-5-20(10)12)11-18-13(21-19-11)9-6-15-3-4-16-9/h1-7H. The van der Waals surface area contributed by atoms with Gasteiger partial charge in [-0.2, -0.15) is 4.98 Å². The van der Waals surface area contributed by atoms with Gasteiger partial charge >= 0.3 is 0 Å². The molecular weight excluding hydrogens is 383 g/mol. The van der Waals surface area contributed by atoms with Gasteiger partial charge in [-0.25, -0.2) is 9.97 Å². The number of hydrogen-bond donors (Lipinski definition) is 0. The third-order valence-corrected chi connectivity index (χ3v) is 3.74. The van der Waals surface area contributed by atoms with Gasteiger partial charge in [0.2, 0.25) is 5.82 Å². The van der Waals surface area contributed by atoms with Crippen molar-refractivity contribution in [2.24, 2.45) is 0 Å². The Morgan fingerprint density at radius 2 is 2.10 bits per heavy atom. The van der Waals surface area contributed by atoms with Gasteiger partial charge < -0.3 is 4.52 Å². The first-order chi connectivity index (χ1) is 10.3. The minimum Gasteiger partial charge on any atom is -0.332 e.